The van der Waals surface area contributed by atoms with Crippen LogP contribution >= 0.6 is 0 Å². The van der Waals surface area contributed by atoms with Gasteiger partial charge in [0.25, 0.3) is 0 Å². The van der Waals surface area contributed by atoms with Crippen LogP contribution < -0.4 is 5.32 Å². The lowest BCUT2D eigenvalue weighted by atomic mass is 9.84. The van der Waals surface area contributed by atoms with E-state index in [4.69, 9.17) is 0 Å². The normalized spacial score (nSPS) is 23.6. The van der Waals surface area contributed by atoms with Gasteiger partial charge in [-0.25, -0.2) is 0 Å². The Morgan fingerprint density at radius 1 is 1.11 bits per heavy atom. The Bertz CT molecular complexity index is 659. The fourth-order valence-corrected chi connectivity index (χ4v) is 4.25. The summed E-state index contributed by atoms with van der Waals surface area (Å²) >= 11 is 0. The highest BCUT2D eigenvalue weighted by Crippen LogP contribution is 2.32. The van der Waals surface area contributed by atoms with Gasteiger partial charge in [-0.3, -0.25) is 9.59 Å². The molecule has 0 bridgehead atoms. The number of hydrogen-bond donors (Lipinski definition) is 1. The van der Waals surface area contributed by atoms with E-state index >= 15 is 0 Å². The molecule has 1 saturated carbocycles. The highest BCUT2D eigenvalue weighted by atomic mass is 16.2. The lowest BCUT2D eigenvalue weighted by Crippen LogP contribution is -2.68. The number of hydrogen-bond acceptors (Lipinski definition) is 2. The van der Waals surface area contributed by atoms with Crippen molar-refractivity contribution < 1.29 is 9.59 Å². The molecular weight excluding hydrogens is 336 g/mol. The van der Waals surface area contributed by atoms with E-state index in [0.717, 1.165) is 24.8 Å². The third kappa shape index (κ3) is 4.53. The summed E-state index contributed by atoms with van der Waals surface area (Å²) in [5, 5.41) is 3.24. The van der Waals surface area contributed by atoms with Gasteiger partial charge in [0.2, 0.25) is 11.8 Å². The Balaban J connectivity index is 1.59. The van der Waals surface area contributed by atoms with Gasteiger partial charge in [0.15, 0.2) is 0 Å². The molecule has 2 amide bonds. The first kappa shape index (κ1) is 19.9. The van der Waals surface area contributed by atoms with E-state index in [1.807, 2.05) is 19.1 Å². The van der Waals surface area contributed by atoms with Crippen LogP contribution in [0, 0.1) is 0 Å². The van der Waals surface area contributed by atoms with Crippen molar-refractivity contribution in [3.05, 3.63) is 35.4 Å². The number of rotatable bonds is 5. The highest BCUT2D eigenvalue weighted by molar-refractivity contribution is 5.93. The van der Waals surface area contributed by atoms with E-state index < -0.39 is 5.54 Å². The molecule has 2 fully saturated rings. The van der Waals surface area contributed by atoms with Crippen molar-refractivity contribution in [2.75, 3.05) is 6.54 Å². The fraction of sp³-hybridized carbons (Fsp3) is 0.652. The minimum atomic E-state index is -0.679. The molecule has 1 aliphatic heterocycles. The first-order valence-electron chi connectivity index (χ1n) is 10.6. The zero-order chi connectivity index (χ0) is 19.4. The second-order valence-corrected chi connectivity index (χ2v) is 8.80. The lowest BCUT2D eigenvalue weighted by Gasteiger charge is -2.49. The fourth-order valence-electron chi connectivity index (χ4n) is 4.25. The Morgan fingerprint density at radius 2 is 1.74 bits per heavy atom. The SMILES string of the molecule is CC(C)c1ccc(CC(=O)N2CCC2(C)C(=O)NC2CCCCCC2)cc1. The number of nitrogens with one attached hydrogen (secondary N) is 1. The van der Waals surface area contributed by atoms with Crippen LogP contribution in [0.15, 0.2) is 24.3 Å². The van der Waals surface area contributed by atoms with Crippen LogP contribution in [0.1, 0.15) is 82.8 Å². The molecule has 4 nitrogen and oxygen atoms in total. The largest absolute Gasteiger partial charge is 0.351 e. The molecule has 0 spiro atoms. The van der Waals surface area contributed by atoms with Crippen LogP contribution in [0.25, 0.3) is 0 Å². The Morgan fingerprint density at radius 3 is 2.26 bits per heavy atom. The van der Waals surface area contributed by atoms with Gasteiger partial charge in [-0.05, 0) is 43.2 Å². The zero-order valence-electron chi connectivity index (χ0n) is 17.1. The van der Waals surface area contributed by atoms with Crippen LogP contribution in [-0.2, 0) is 16.0 Å². The van der Waals surface area contributed by atoms with E-state index in [1.165, 1.54) is 31.2 Å². The van der Waals surface area contributed by atoms with Crippen molar-refractivity contribution in [2.24, 2.45) is 0 Å². The van der Waals surface area contributed by atoms with Crippen molar-refractivity contribution in [2.45, 2.75) is 89.6 Å². The summed E-state index contributed by atoms with van der Waals surface area (Å²) in [5.74, 6) is 0.572. The molecule has 27 heavy (non-hydrogen) atoms. The summed E-state index contributed by atoms with van der Waals surface area (Å²) in [4.78, 5) is 27.5. The van der Waals surface area contributed by atoms with Gasteiger partial charge in [-0.1, -0.05) is 63.8 Å². The second kappa shape index (κ2) is 8.45. The molecular formula is C23H34N2O2. The molecule has 4 heteroatoms. The summed E-state index contributed by atoms with van der Waals surface area (Å²) in [6.45, 7) is 6.93. The van der Waals surface area contributed by atoms with Crippen LogP contribution in [0.3, 0.4) is 0 Å². The van der Waals surface area contributed by atoms with Crippen molar-refractivity contribution in [1.82, 2.24) is 10.2 Å². The Hall–Kier alpha value is -1.84. The van der Waals surface area contributed by atoms with Crippen LogP contribution in [0.2, 0.25) is 0 Å². The quantitative estimate of drug-likeness (QED) is 0.791. The number of carbonyl (C=O) groups is 2. The standard InChI is InChI=1S/C23H34N2O2/c1-17(2)19-12-10-18(11-13-19)16-21(26)25-15-14-23(25,3)22(27)24-20-8-6-4-5-7-9-20/h10-13,17,20H,4-9,14-16H2,1-3H3,(H,24,27). The highest BCUT2D eigenvalue weighted by Gasteiger charge is 2.49. The van der Waals surface area contributed by atoms with Crippen LogP contribution in [0.5, 0.6) is 0 Å². The third-order valence-corrected chi connectivity index (χ3v) is 6.40. The molecule has 148 valence electrons. The number of benzene rings is 1. The molecule has 1 unspecified atom stereocenters. The summed E-state index contributed by atoms with van der Waals surface area (Å²) in [6.07, 6.45) is 8.17. The zero-order valence-corrected chi connectivity index (χ0v) is 17.1. The van der Waals surface area contributed by atoms with E-state index in [-0.39, 0.29) is 17.9 Å². The first-order chi connectivity index (χ1) is 12.9. The van der Waals surface area contributed by atoms with Gasteiger partial charge in [0.1, 0.15) is 5.54 Å². The molecule has 1 aliphatic carbocycles. The summed E-state index contributed by atoms with van der Waals surface area (Å²) in [7, 11) is 0. The maximum Gasteiger partial charge on any atom is 0.245 e. The van der Waals surface area contributed by atoms with E-state index in [9.17, 15) is 9.59 Å². The van der Waals surface area contributed by atoms with Crippen molar-refractivity contribution in [3.8, 4) is 0 Å². The molecule has 2 aliphatic rings. The minimum Gasteiger partial charge on any atom is -0.351 e. The number of nitrogens with zero attached hydrogens (tertiary/aromatic N) is 1. The predicted molar refractivity (Wildman–Crippen MR) is 109 cm³/mol. The summed E-state index contributed by atoms with van der Waals surface area (Å²) in [6, 6.07) is 8.55. The van der Waals surface area contributed by atoms with Crippen molar-refractivity contribution in [3.63, 3.8) is 0 Å². The molecule has 1 aromatic carbocycles. The summed E-state index contributed by atoms with van der Waals surface area (Å²) in [5.41, 5.74) is 1.62. The third-order valence-electron chi connectivity index (χ3n) is 6.40. The van der Waals surface area contributed by atoms with Crippen molar-refractivity contribution in [1.29, 1.82) is 0 Å². The van der Waals surface area contributed by atoms with E-state index in [0.29, 0.717) is 18.9 Å². The molecule has 0 aromatic heterocycles. The molecule has 1 heterocycles. The molecule has 1 aromatic rings. The lowest BCUT2D eigenvalue weighted by molar-refractivity contribution is -0.157. The number of carbonyl (C=O) groups excluding carboxylic acids is 2. The molecule has 1 atom stereocenters. The maximum atomic E-state index is 12.9. The molecule has 0 radical (unpaired) electrons. The van der Waals surface area contributed by atoms with E-state index in [1.54, 1.807) is 4.90 Å². The first-order valence-corrected chi connectivity index (χ1v) is 10.6. The Kier molecular flexibility index (Phi) is 6.23. The average Bonchev–Trinajstić information content (AvgIpc) is 2.89. The minimum absolute atomic E-state index is 0.0316. The van der Waals surface area contributed by atoms with Gasteiger partial charge < -0.3 is 10.2 Å². The predicted octanol–water partition coefficient (Wildman–Crippen LogP) is 4.18. The molecule has 1 saturated heterocycles. The maximum absolute atomic E-state index is 12.9. The number of amides is 2. The van der Waals surface area contributed by atoms with E-state index in [2.05, 4.69) is 31.3 Å². The van der Waals surface area contributed by atoms with Gasteiger partial charge in [-0.15, -0.1) is 0 Å². The second-order valence-electron chi connectivity index (χ2n) is 8.80. The molecule has 1 N–H and O–H groups in total. The topological polar surface area (TPSA) is 49.4 Å². The van der Waals surface area contributed by atoms with Crippen LogP contribution in [0.4, 0.5) is 0 Å². The van der Waals surface area contributed by atoms with Gasteiger partial charge in [-0.2, -0.15) is 0 Å². The monoisotopic (exact) mass is 370 g/mol. The smallest absolute Gasteiger partial charge is 0.245 e. The van der Waals surface area contributed by atoms with Gasteiger partial charge in [0.05, 0.1) is 6.42 Å². The van der Waals surface area contributed by atoms with Gasteiger partial charge >= 0.3 is 0 Å². The molecule has 3 rings (SSSR count). The Labute approximate surface area is 163 Å². The summed E-state index contributed by atoms with van der Waals surface area (Å²) < 4.78 is 0. The average molecular weight is 371 g/mol. The van der Waals surface area contributed by atoms with Crippen LogP contribution in [-0.4, -0.2) is 34.8 Å². The van der Waals surface area contributed by atoms with Crippen molar-refractivity contribution >= 4 is 11.8 Å². The number of likely N-dealkylation sites (tertiary alicyclic amines) is 1. The van der Waals surface area contributed by atoms with Gasteiger partial charge in [0, 0.05) is 12.6 Å².